The molecule has 16 heavy (non-hydrogen) atoms. The van der Waals surface area contributed by atoms with Gasteiger partial charge in [0.15, 0.2) is 0 Å². The van der Waals surface area contributed by atoms with Gasteiger partial charge in [0.2, 0.25) is 0 Å². The number of anilines is 1. The second-order valence-electron chi connectivity index (χ2n) is 4.90. The minimum absolute atomic E-state index is 0.833. The fourth-order valence-corrected chi connectivity index (χ4v) is 3.40. The lowest BCUT2D eigenvalue weighted by molar-refractivity contribution is 0.472. The number of halogens is 1. The topological polar surface area (TPSA) is 12.0 Å². The molecule has 1 saturated carbocycles. The molecule has 2 heteroatoms. The zero-order valence-electron chi connectivity index (χ0n) is 9.20. The van der Waals surface area contributed by atoms with E-state index in [9.17, 15) is 0 Å². The summed E-state index contributed by atoms with van der Waals surface area (Å²) in [5.74, 6) is 2.54. The van der Waals surface area contributed by atoms with Gasteiger partial charge in [-0.25, -0.2) is 0 Å². The van der Waals surface area contributed by atoms with Gasteiger partial charge in [-0.3, -0.25) is 0 Å². The fourth-order valence-electron chi connectivity index (χ4n) is 2.97. The van der Waals surface area contributed by atoms with Crippen molar-refractivity contribution in [3.63, 3.8) is 0 Å². The van der Waals surface area contributed by atoms with Crippen LogP contribution in [-0.2, 0) is 0 Å². The summed E-state index contributed by atoms with van der Waals surface area (Å²) < 4.78 is 1.16. The Bertz CT molecular complexity index is 413. The molecule has 2 bridgehead atoms. The monoisotopic (exact) mass is 277 g/mol. The average molecular weight is 278 g/mol. The summed E-state index contributed by atoms with van der Waals surface area (Å²) in [4.78, 5) is 0. The van der Waals surface area contributed by atoms with Crippen LogP contribution in [0.25, 0.3) is 0 Å². The normalized spacial score (nSPS) is 30.9. The van der Waals surface area contributed by atoms with E-state index in [1.165, 1.54) is 18.5 Å². The Morgan fingerprint density at radius 2 is 2.06 bits per heavy atom. The first-order chi connectivity index (χ1) is 7.83. The highest BCUT2D eigenvalue weighted by molar-refractivity contribution is 9.10. The van der Waals surface area contributed by atoms with E-state index in [0.717, 1.165) is 28.8 Å². The van der Waals surface area contributed by atoms with Crippen LogP contribution in [0.2, 0.25) is 0 Å². The van der Waals surface area contributed by atoms with Crippen molar-refractivity contribution in [2.24, 2.45) is 17.8 Å². The third kappa shape index (κ3) is 1.91. The van der Waals surface area contributed by atoms with Crippen molar-refractivity contribution in [3.05, 3.63) is 40.9 Å². The fraction of sp³-hybridized carbons (Fsp3) is 0.429. The van der Waals surface area contributed by atoms with E-state index in [-0.39, 0.29) is 0 Å². The van der Waals surface area contributed by atoms with E-state index in [4.69, 9.17) is 0 Å². The molecule has 1 N–H and O–H groups in total. The Labute approximate surface area is 105 Å². The minimum Gasteiger partial charge on any atom is -0.384 e. The lowest BCUT2D eigenvalue weighted by Crippen LogP contribution is -2.18. The molecule has 0 heterocycles. The van der Waals surface area contributed by atoms with Crippen molar-refractivity contribution in [2.75, 3.05) is 11.9 Å². The van der Waals surface area contributed by atoms with E-state index in [2.05, 4.69) is 57.7 Å². The van der Waals surface area contributed by atoms with Gasteiger partial charge in [0.1, 0.15) is 0 Å². The van der Waals surface area contributed by atoms with Crippen LogP contribution in [-0.4, -0.2) is 6.54 Å². The second-order valence-corrected chi connectivity index (χ2v) is 5.76. The number of fused-ring (bicyclic) bond motifs is 2. The van der Waals surface area contributed by atoms with Crippen LogP contribution in [0.5, 0.6) is 0 Å². The molecule has 0 saturated heterocycles. The summed E-state index contributed by atoms with van der Waals surface area (Å²) in [7, 11) is 0. The number of allylic oxidation sites excluding steroid dienone is 2. The molecule has 0 aromatic heterocycles. The Kier molecular flexibility index (Phi) is 2.76. The second kappa shape index (κ2) is 4.25. The maximum absolute atomic E-state index is 3.57. The lowest BCUT2D eigenvalue weighted by atomic mass is 9.93. The van der Waals surface area contributed by atoms with Crippen LogP contribution in [0.15, 0.2) is 40.9 Å². The number of nitrogens with one attached hydrogen (secondary N) is 1. The van der Waals surface area contributed by atoms with Gasteiger partial charge in [0.05, 0.1) is 0 Å². The van der Waals surface area contributed by atoms with Gasteiger partial charge in [0, 0.05) is 16.7 Å². The molecular formula is C14H16BrN. The molecule has 0 spiro atoms. The Morgan fingerprint density at radius 1 is 1.19 bits per heavy atom. The summed E-state index contributed by atoms with van der Waals surface area (Å²) in [6, 6.07) is 8.35. The van der Waals surface area contributed by atoms with Crippen molar-refractivity contribution >= 4 is 21.6 Å². The van der Waals surface area contributed by atoms with E-state index < -0.39 is 0 Å². The summed E-state index contributed by atoms with van der Waals surface area (Å²) >= 11 is 3.57. The van der Waals surface area contributed by atoms with Gasteiger partial charge in [-0.1, -0.05) is 24.3 Å². The third-order valence-electron chi connectivity index (χ3n) is 3.84. The molecule has 3 atom stereocenters. The minimum atomic E-state index is 0.833. The first-order valence-corrected chi connectivity index (χ1v) is 6.79. The standard InChI is InChI=1S/C14H16BrN/c15-13-3-1-2-4-14(13)16-9-12-8-10-5-6-11(12)7-10/h1-6,10-12,16H,7-9H2. The number of hydrogen-bond acceptors (Lipinski definition) is 1. The van der Waals surface area contributed by atoms with Crippen molar-refractivity contribution in [3.8, 4) is 0 Å². The molecule has 84 valence electrons. The average Bonchev–Trinajstić information content (AvgIpc) is 2.90. The van der Waals surface area contributed by atoms with Crippen LogP contribution in [0.1, 0.15) is 12.8 Å². The molecule has 3 rings (SSSR count). The van der Waals surface area contributed by atoms with E-state index in [1.54, 1.807) is 0 Å². The van der Waals surface area contributed by atoms with Gasteiger partial charge in [-0.05, 0) is 58.7 Å². The number of benzene rings is 1. The van der Waals surface area contributed by atoms with Gasteiger partial charge in [0.25, 0.3) is 0 Å². The Morgan fingerprint density at radius 3 is 2.75 bits per heavy atom. The smallest absolute Gasteiger partial charge is 0.0484 e. The largest absolute Gasteiger partial charge is 0.384 e. The first kappa shape index (κ1) is 10.4. The molecule has 0 aliphatic heterocycles. The van der Waals surface area contributed by atoms with Gasteiger partial charge >= 0.3 is 0 Å². The summed E-state index contributed by atoms with van der Waals surface area (Å²) in [6.07, 6.45) is 7.58. The van der Waals surface area contributed by atoms with Gasteiger partial charge in [-0.15, -0.1) is 0 Å². The third-order valence-corrected chi connectivity index (χ3v) is 4.54. The number of rotatable bonds is 3. The molecule has 2 aliphatic rings. The molecule has 1 aromatic rings. The molecule has 1 nitrogen and oxygen atoms in total. The van der Waals surface area contributed by atoms with Crippen molar-refractivity contribution in [2.45, 2.75) is 12.8 Å². The molecular weight excluding hydrogens is 262 g/mol. The van der Waals surface area contributed by atoms with Crippen molar-refractivity contribution < 1.29 is 0 Å². The van der Waals surface area contributed by atoms with Crippen LogP contribution in [0, 0.1) is 17.8 Å². The maximum atomic E-state index is 3.57. The molecule has 3 unspecified atom stereocenters. The van der Waals surface area contributed by atoms with Crippen LogP contribution in [0.4, 0.5) is 5.69 Å². The van der Waals surface area contributed by atoms with Crippen LogP contribution in [0.3, 0.4) is 0 Å². The Balaban J connectivity index is 1.61. The number of hydrogen-bond donors (Lipinski definition) is 1. The van der Waals surface area contributed by atoms with Gasteiger partial charge < -0.3 is 5.32 Å². The van der Waals surface area contributed by atoms with Crippen molar-refractivity contribution in [1.29, 1.82) is 0 Å². The Hall–Kier alpha value is -0.760. The highest BCUT2D eigenvalue weighted by Gasteiger charge is 2.35. The maximum Gasteiger partial charge on any atom is 0.0484 e. The highest BCUT2D eigenvalue weighted by atomic mass is 79.9. The SMILES string of the molecule is Brc1ccccc1NCC1CC2C=CC1C2. The van der Waals surface area contributed by atoms with Gasteiger partial charge in [-0.2, -0.15) is 0 Å². The molecule has 1 aromatic carbocycles. The zero-order valence-corrected chi connectivity index (χ0v) is 10.8. The summed E-state index contributed by atoms with van der Waals surface area (Å²) in [5, 5.41) is 3.56. The lowest BCUT2D eigenvalue weighted by Gasteiger charge is -2.19. The van der Waals surface area contributed by atoms with Crippen LogP contribution >= 0.6 is 15.9 Å². The zero-order chi connectivity index (χ0) is 11.0. The van der Waals surface area contributed by atoms with E-state index in [1.807, 2.05) is 0 Å². The molecule has 1 fully saturated rings. The predicted molar refractivity (Wildman–Crippen MR) is 71.5 cm³/mol. The quantitative estimate of drug-likeness (QED) is 0.822. The number of para-hydroxylation sites is 1. The van der Waals surface area contributed by atoms with Crippen molar-refractivity contribution in [1.82, 2.24) is 0 Å². The highest BCUT2D eigenvalue weighted by Crippen LogP contribution is 2.43. The van der Waals surface area contributed by atoms with E-state index in [0.29, 0.717) is 0 Å². The molecule has 0 amide bonds. The van der Waals surface area contributed by atoms with E-state index >= 15 is 0 Å². The molecule has 0 radical (unpaired) electrons. The summed E-state index contributed by atoms with van der Waals surface area (Å²) in [6.45, 7) is 1.11. The predicted octanol–water partition coefficient (Wildman–Crippen LogP) is 4.07. The molecule has 2 aliphatic carbocycles. The van der Waals surface area contributed by atoms with Crippen LogP contribution < -0.4 is 5.32 Å². The first-order valence-electron chi connectivity index (χ1n) is 5.99. The summed E-state index contributed by atoms with van der Waals surface area (Å²) in [5.41, 5.74) is 1.22.